The van der Waals surface area contributed by atoms with Gasteiger partial charge in [-0.15, -0.1) is 0 Å². The summed E-state index contributed by atoms with van der Waals surface area (Å²) in [5, 5.41) is 4.77. The van der Waals surface area contributed by atoms with Gasteiger partial charge in [0.05, 0.1) is 24.2 Å². The quantitative estimate of drug-likeness (QED) is 0.443. The van der Waals surface area contributed by atoms with E-state index >= 15 is 0 Å². The average Bonchev–Trinajstić information content (AvgIpc) is 3.59. The molecule has 0 amide bonds. The summed E-state index contributed by atoms with van der Waals surface area (Å²) in [6.45, 7) is 4.44. The molecule has 0 radical (unpaired) electrons. The van der Waals surface area contributed by atoms with Crippen molar-refractivity contribution in [1.82, 2.24) is 29.0 Å². The van der Waals surface area contributed by atoms with Crippen LogP contribution in [0.25, 0.3) is 28.1 Å². The topological polar surface area (TPSA) is 90.7 Å². The van der Waals surface area contributed by atoms with E-state index in [4.69, 9.17) is 20.9 Å². The molecular formula is C23H25ClN6O3. The molecule has 10 heteroatoms. The monoisotopic (exact) mass is 468 g/mol. The summed E-state index contributed by atoms with van der Waals surface area (Å²) in [5.41, 5.74) is 2.39. The predicted octanol–water partition coefficient (Wildman–Crippen LogP) is 3.34. The number of imidazole rings is 1. The first-order chi connectivity index (χ1) is 16.2. The van der Waals surface area contributed by atoms with Crippen LogP contribution in [-0.4, -0.2) is 61.8 Å². The molecule has 9 nitrogen and oxygen atoms in total. The van der Waals surface area contributed by atoms with E-state index in [2.05, 4.69) is 20.0 Å². The molecule has 0 spiro atoms. The molecule has 33 heavy (non-hydrogen) atoms. The molecule has 1 aromatic carbocycles. The highest BCUT2D eigenvalue weighted by Gasteiger charge is 2.26. The Kier molecular flexibility index (Phi) is 5.40. The zero-order valence-electron chi connectivity index (χ0n) is 18.2. The zero-order valence-corrected chi connectivity index (χ0v) is 19.0. The van der Waals surface area contributed by atoms with Crippen molar-refractivity contribution in [1.29, 1.82) is 0 Å². The number of halogens is 1. The van der Waals surface area contributed by atoms with Crippen molar-refractivity contribution in [2.75, 3.05) is 32.8 Å². The Hall–Kier alpha value is -2.75. The van der Waals surface area contributed by atoms with Crippen molar-refractivity contribution in [3.63, 3.8) is 0 Å². The first-order valence-corrected chi connectivity index (χ1v) is 11.9. The SMILES string of the molecule is O=c1c2c(-c3noc(C4CCCC4)n3)ncn2c2ccc(Cl)cc2n1CCN1CCOCC1. The van der Waals surface area contributed by atoms with E-state index in [1.807, 2.05) is 18.2 Å². The molecule has 172 valence electrons. The summed E-state index contributed by atoms with van der Waals surface area (Å²) in [4.78, 5) is 25.2. The highest BCUT2D eigenvalue weighted by atomic mass is 35.5. The minimum absolute atomic E-state index is 0.141. The van der Waals surface area contributed by atoms with E-state index in [-0.39, 0.29) is 5.56 Å². The number of rotatable bonds is 5. The van der Waals surface area contributed by atoms with Gasteiger partial charge in [-0.05, 0) is 31.0 Å². The fourth-order valence-electron chi connectivity index (χ4n) is 5.01. The van der Waals surface area contributed by atoms with Gasteiger partial charge in [0.15, 0.2) is 0 Å². The lowest BCUT2D eigenvalue weighted by Gasteiger charge is -2.27. The van der Waals surface area contributed by atoms with Crippen molar-refractivity contribution in [2.45, 2.75) is 38.1 Å². The molecule has 4 aromatic rings. The standard InChI is InChI=1S/C23H25ClN6O3/c24-16-5-6-17-18(13-16)29(8-7-28-9-11-32-12-10-28)23(31)20-19(25-14-30(17)20)21-26-22(33-27-21)15-3-1-2-4-15/h5-6,13-15H,1-4,7-12H2. The smallest absolute Gasteiger partial charge is 0.277 e. The zero-order chi connectivity index (χ0) is 22.4. The van der Waals surface area contributed by atoms with E-state index in [0.29, 0.717) is 53.6 Å². The number of hydrogen-bond donors (Lipinski definition) is 0. The van der Waals surface area contributed by atoms with E-state index in [0.717, 1.165) is 43.5 Å². The van der Waals surface area contributed by atoms with Crippen LogP contribution in [0, 0.1) is 0 Å². The van der Waals surface area contributed by atoms with Gasteiger partial charge in [0.2, 0.25) is 11.7 Å². The molecule has 6 rings (SSSR count). The van der Waals surface area contributed by atoms with Crippen LogP contribution >= 0.6 is 11.6 Å². The molecule has 4 heterocycles. The Balaban J connectivity index is 1.46. The number of nitrogens with zero attached hydrogens (tertiary/aromatic N) is 6. The van der Waals surface area contributed by atoms with Crippen molar-refractivity contribution in [3.8, 4) is 11.5 Å². The number of ether oxygens (including phenoxy) is 1. The van der Waals surface area contributed by atoms with Gasteiger partial charge in [-0.25, -0.2) is 4.98 Å². The van der Waals surface area contributed by atoms with Crippen LogP contribution in [0.5, 0.6) is 0 Å². The Morgan fingerprint density at radius 1 is 1.09 bits per heavy atom. The molecule has 3 aromatic heterocycles. The maximum absolute atomic E-state index is 13.8. The van der Waals surface area contributed by atoms with Gasteiger partial charge in [-0.1, -0.05) is 29.6 Å². The Morgan fingerprint density at radius 3 is 2.73 bits per heavy atom. The Bertz CT molecular complexity index is 1360. The van der Waals surface area contributed by atoms with Crippen LogP contribution in [0.15, 0.2) is 33.8 Å². The lowest BCUT2D eigenvalue weighted by atomic mass is 10.1. The number of fused-ring (bicyclic) bond motifs is 3. The van der Waals surface area contributed by atoms with Gasteiger partial charge in [0.1, 0.15) is 17.5 Å². The molecule has 2 aliphatic rings. The minimum atomic E-state index is -0.141. The second-order valence-corrected chi connectivity index (χ2v) is 9.23. The second kappa shape index (κ2) is 8.55. The Morgan fingerprint density at radius 2 is 1.91 bits per heavy atom. The predicted molar refractivity (Wildman–Crippen MR) is 124 cm³/mol. The summed E-state index contributed by atoms with van der Waals surface area (Å²) in [6.07, 6.45) is 6.13. The van der Waals surface area contributed by atoms with Gasteiger partial charge in [0, 0.05) is 37.1 Å². The van der Waals surface area contributed by atoms with Crippen molar-refractivity contribution in [2.24, 2.45) is 0 Å². The molecule has 0 bridgehead atoms. The third kappa shape index (κ3) is 3.74. The lowest BCUT2D eigenvalue weighted by molar-refractivity contribution is 0.0364. The summed E-state index contributed by atoms with van der Waals surface area (Å²) >= 11 is 6.31. The van der Waals surface area contributed by atoms with Crippen molar-refractivity contribution < 1.29 is 9.26 Å². The van der Waals surface area contributed by atoms with E-state index in [1.54, 1.807) is 15.3 Å². The highest BCUT2D eigenvalue weighted by molar-refractivity contribution is 6.31. The van der Waals surface area contributed by atoms with Crippen molar-refractivity contribution in [3.05, 3.63) is 45.8 Å². The fraction of sp³-hybridized carbons (Fsp3) is 0.478. The Labute approximate surface area is 194 Å². The average molecular weight is 469 g/mol. The van der Waals surface area contributed by atoms with E-state index < -0.39 is 0 Å². The second-order valence-electron chi connectivity index (χ2n) is 8.79. The largest absolute Gasteiger partial charge is 0.379 e. The summed E-state index contributed by atoms with van der Waals surface area (Å²) in [6, 6.07) is 5.58. The molecule has 0 atom stereocenters. The van der Waals surface area contributed by atoms with Gasteiger partial charge in [-0.2, -0.15) is 4.98 Å². The van der Waals surface area contributed by atoms with Gasteiger partial charge >= 0.3 is 0 Å². The van der Waals surface area contributed by atoms with Crippen LogP contribution in [0.3, 0.4) is 0 Å². The molecule has 1 saturated carbocycles. The van der Waals surface area contributed by atoms with Gasteiger partial charge in [-0.3, -0.25) is 14.1 Å². The first-order valence-electron chi connectivity index (χ1n) is 11.5. The third-order valence-corrected chi connectivity index (χ3v) is 7.04. The maximum Gasteiger partial charge on any atom is 0.277 e. The number of benzene rings is 1. The minimum Gasteiger partial charge on any atom is -0.379 e. The van der Waals surface area contributed by atoms with Crippen LogP contribution in [0.2, 0.25) is 5.02 Å². The van der Waals surface area contributed by atoms with Crippen LogP contribution in [0.1, 0.15) is 37.5 Å². The lowest BCUT2D eigenvalue weighted by Crippen LogP contribution is -2.39. The first kappa shape index (κ1) is 20.8. The third-order valence-electron chi connectivity index (χ3n) is 6.80. The van der Waals surface area contributed by atoms with Gasteiger partial charge in [0.25, 0.3) is 5.56 Å². The molecule has 1 aliphatic carbocycles. The molecule has 0 N–H and O–H groups in total. The summed E-state index contributed by atoms with van der Waals surface area (Å²) < 4.78 is 14.6. The molecule has 1 aliphatic heterocycles. The van der Waals surface area contributed by atoms with Crippen LogP contribution in [-0.2, 0) is 11.3 Å². The van der Waals surface area contributed by atoms with Crippen LogP contribution < -0.4 is 5.56 Å². The number of hydrogen-bond acceptors (Lipinski definition) is 7. The van der Waals surface area contributed by atoms with Crippen LogP contribution in [0.4, 0.5) is 0 Å². The molecule has 2 fully saturated rings. The van der Waals surface area contributed by atoms with Crippen molar-refractivity contribution >= 4 is 28.2 Å². The maximum atomic E-state index is 13.8. The molecule has 0 unspecified atom stereocenters. The number of aromatic nitrogens is 5. The summed E-state index contributed by atoms with van der Waals surface area (Å²) in [7, 11) is 0. The normalized spacial score (nSPS) is 18.1. The molecule has 1 saturated heterocycles. The van der Waals surface area contributed by atoms with Gasteiger partial charge < -0.3 is 13.8 Å². The van der Waals surface area contributed by atoms with E-state index in [1.165, 1.54) is 12.8 Å². The molecular weight excluding hydrogens is 444 g/mol. The summed E-state index contributed by atoms with van der Waals surface area (Å²) in [5.74, 6) is 1.31. The fourth-order valence-corrected chi connectivity index (χ4v) is 5.18. The highest BCUT2D eigenvalue weighted by Crippen LogP contribution is 2.34. The van der Waals surface area contributed by atoms with E-state index in [9.17, 15) is 4.79 Å². The number of morpholine rings is 1.